The average molecular weight is 277 g/mol. The summed E-state index contributed by atoms with van der Waals surface area (Å²) in [7, 11) is 0. The highest BCUT2D eigenvalue weighted by atomic mass is 32.1. The third-order valence-electron chi connectivity index (χ3n) is 3.30. The molecule has 0 aliphatic rings. The first-order chi connectivity index (χ1) is 9.12. The SMILES string of the molecule is CCc1nc(-c2c(CC)c(CC)n[nH]c2=O)sc1C. The van der Waals surface area contributed by atoms with Crippen LogP contribution < -0.4 is 5.56 Å². The Kier molecular flexibility index (Phi) is 4.14. The molecule has 19 heavy (non-hydrogen) atoms. The number of hydrogen-bond acceptors (Lipinski definition) is 4. The second kappa shape index (κ2) is 5.65. The normalized spacial score (nSPS) is 10.9. The molecule has 4 nitrogen and oxygen atoms in total. The number of hydrogen-bond donors (Lipinski definition) is 1. The molecule has 0 unspecified atom stereocenters. The summed E-state index contributed by atoms with van der Waals surface area (Å²) in [4.78, 5) is 17.9. The highest BCUT2D eigenvalue weighted by Gasteiger charge is 2.17. The Labute approximate surface area is 116 Å². The van der Waals surface area contributed by atoms with Crippen molar-refractivity contribution in [2.24, 2.45) is 0 Å². The van der Waals surface area contributed by atoms with Gasteiger partial charge in [0, 0.05) is 4.88 Å². The van der Waals surface area contributed by atoms with E-state index in [9.17, 15) is 4.79 Å². The molecule has 2 aromatic heterocycles. The average Bonchev–Trinajstić information content (AvgIpc) is 2.78. The van der Waals surface area contributed by atoms with Gasteiger partial charge in [-0.25, -0.2) is 10.1 Å². The van der Waals surface area contributed by atoms with Crippen molar-refractivity contribution < 1.29 is 0 Å². The van der Waals surface area contributed by atoms with Crippen molar-refractivity contribution >= 4 is 11.3 Å². The molecule has 2 rings (SSSR count). The molecular formula is C14H19N3OS. The van der Waals surface area contributed by atoms with Gasteiger partial charge in [0.25, 0.3) is 5.56 Å². The molecule has 0 fully saturated rings. The molecule has 0 saturated carbocycles. The second-order valence-corrected chi connectivity index (χ2v) is 5.64. The molecule has 0 saturated heterocycles. The van der Waals surface area contributed by atoms with Crippen LogP contribution >= 0.6 is 11.3 Å². The fraction of sp³-hybridized carbons (Fsp3) is 0.500. The maximum absolute atomic E-state index is 12.1. The molecule has 0 spiro atoms. The van der Waals surface area contributed by atoms with E-state index in [1.165, 1.54) is 4.88 Å². The first-order valence-electron chi connectivity index (χ1n) is 6.69. The van der Waals surface area contributed by atoms with Gasteiger partial charge in [-0.3, -0.25) is 4.79 Å². The van der Waals surface area contributed by atoms with Gasteiger partial charge in [-0.15, -0.1) is 11.3 Å². The van der Waals surface area contributed by atoms with E-state index in [0.717, 1.165) is 41.2 Å². The van der Waals surface area contributed by atoms with Crippen molar-refractivity contribution in [1.29, 1.82) is 0 Å². The van der Waals surface area contributed by atoms with Gasteiger partial charge in [0.1, 0.15) is 5.01 Å². The summed E-state index contributed by atoms with van der Waals surface area (Å²) in [5.41, 5.74) is 3.65. The van der Waals surface area contributed by atoms with E-state index in [2.05, 4.69) is 36.0 Å². The van der Waals surface area contributed by atoms with Crippen molar-refractivity contribution in [3.63, 3.8) is 0 Å². The number of H-pyrrole nitrogens is 1. The molecule has 0 amide bonds. The third kappa shape index (κ3) is 2.47. The maximum Gasteiger partial charge on any atom is 0.274 e. The molecule has 0 atom stereocenters. The van der Waals surface area contributed by atoms with Gasteiger partial charge in [0.2, 0.25) is 0 Å². The lowest BCUT2D eigenvalue weighted by molar-refractivity contribution is 0.860. The van der Waals surface area contributed by atoms with Gasteiger partial charge in [-0.2, -0.15) is 5.10 Å². The molecule has 2 aromatic rings. The van der Waals surface area contributed by atoms with E-state index in [4.69, 9.17) is 0 Å². The van der Waals surface area contributed by atoms with Gasteiger partial charge in [-0.1, -0.05) is 20.8 Å². The van der Waals surface area contributed by atoms with E-state index in [0.29, 0.717) is 5.56 Å². The van der Waals surface area contributed by atoms with Gasteiger partial charge in [-0.05, 0) is 31.7 Å². The van der Waals surface area contributed by atoms with E-state index in [1.807, 2.05) is 6.92 Å². The quantitative estimate of drug-likeness (QED) is 0.934. The van der Waals surface area contributed by atoms with E-state index in [-0.39, 0.29) is 5.56 Å². The maximum atomic E-state index is 12.1. The number of aryl methyl sites for hydroxylation is 3. The molecule has 0 aromatic carbocycles. The van der Waals surface area contributed by atoms with Crippen LogP contribution in [0, 0.1) is 6.92 Å². The predicted octanol–water partition coefficient (Wildman–Crippen LogP) is 2.89. The largest absolute Gasteiger partial charge is 0.274 e. The van der Waals surface area contributed by atoms with Crippen LogP contribution in [0.5, 0.6) is 0 Å². The Morgan fingerprint density at radius 2 is 1.79 bits per heavy atom. The van der Waals surface area contributed by atoms with Gasteiger partial charge in [0.15, 0.2) is 0 Å². The lowest BCUT2D eigenvalue weighted by atomic mass is 10.0. The van der Waals surface area contributed by atoms with Crippen LogP contribution in [0.4, 0.5) is 0 Å². The summed E-state index contributed by atoms with van der Waals surface area (Å²) in [5.74, 6) is 0. The summed E-state index contributed by atoms with van der Waals surface area (Å²) in [6.07, 6.45) is 2.51. The monoisotopic (exact) mass is 277 g/mol. The topological polar surface area (TPSA) is 58.6 Å². The van der Waals surface area contributed by atoms with Crippen LogP contribution in [-0.4, -0.2) is 15.2 Å². The van der Waals surface area contributed by atoms with Crippen LogP contribution in [0.1, 0.15) is 42.6 Å². The molecule has 0 aliphatic heterocycles. The van der Waals surface area contributed by atoms with Crippen molar-refractivity contribution in [1.82, 2.24) is 15.2 Å². The Bertz CT molecular complexity index is 643. The molecule has 1 N–H and O–H groups in total. The Morgan fingerprint density at radius 3 is 2.32 bits per heavy atom. The third-order valence-corrected chi connectivity index (χ3v) is 4.33. The molecule has 0 bridgehead atoms. The van der Waals surface area contributed by atoms with Crippen LogP contribution in [0.2, 0.25) is 0 Å². The number of rotatable bonds is 4. The van der Waals surface area contributed by atoms with Crippen molar-refractivity contribution in [2.45, 2.75) is 47.0 Å². The minimum atomic E-state index is -0.134. The summed E-state index contributed by atoms with van der Waals surface area (Å²) in [5, 5.41) is 7.57. The highest BCUT2D eigenvalue weighted by molar-refractivity contribution is 7.15. The Hall–Kier alpha value is -1.49. The Morgan fingerprint density at radius 1 is 1.11 bits per heavy atom. The highest BCUT2D eigenvalue weighted by Crippen LogP contribution is 2.29. The van der Waals surface area contributed by atoms with Crippen LogP contribution in [0.15, 0.2) is 4.79 Å². The number of nitrogens with zero attached hydrogens (tertiary/aromatic N) is 2. The molecule has 0 radical (unpaired) electrons. The van der Waals surface area contributed by atoms with Crippen molar-refractivity contribution in [3.05, 3.63) is 32.2 Å². The van der Waals surface area contributed by atoms with Crippen molar-refractivity contribution in [3.8, 4) is 10.6 Å². The van der Waals surface area contributed by atoms with Gasteiger partial charge < -0.3 is 0 Å². The summed E-state index contributed by atoms with van der Waals surface area (Å²) in [6, 6.07) is 0. The fourth-order valence-electron chi connectivity index (χ4n) is 2.29. The first kappa shape index (κ1) is 13.9. The van der Waals surface area contributed by atoms with Crippen LogP contribution in [0.25, 0.3) is 10.6 Å². The van der Waals surface area contributed by atoms with E-state index >= 15 is 0 Å². The van der Waals surface area contributed by atoms with Gasteiger partial charge >= 0.3 is 0 Å². The zero-order valence-electron chi connectivity index (χ0n) is 11.8. The first-order valence-corrected chi connectivity index (χ1v) is 7.51. The minimum Gasteiger partial charge on any atom is -0.267 e. The number of aromatic amines is 1. The van der Waals surface area contributed by atoms with Crippen LogP contribution in [0.3, 0.4) is 0 Å². The molecular weight excluding hydrogens is 258 g/mol. The van der Waals surface area contributed by atoms with E-state index in [1.54, 1.807) is 11.3 Å². The molecule has 0 aliphatic carbocycles. The summed E-state index contributed by atoms with van der Waals surface area (Å²) >= 11 is 1.60. The lowest BCUT2D eigenvalue weighted by Gasteiger charge is -2.08. The fourth-order valence-corrected chi connectivity index (χ4v) is 3.36. The van der Waals surface area contributed by atoms with Gasteiger partial charge in [0.05, 0.1) is 17.0 Å². The summed E-state index contributed by atoms with van der Waals surface area (Å²) in [6.45, 7) is 8.25. The summed E-state index contributed by atoms with van der Waals surface area (Å²) < 4.78 is 0. The smallest absolute Gasteiger partial charge is 0.267 e. The zero-order valence-corrected chi connectivity index (χ0v) is 12.6. The van der Waals surface area contributed by atoms with Crippen LogP contribution in [-0.2, 0) is 19.3 Å². The minimum absolute atomic E-state index is 0.134. The number of nitrogens with one attached hydrogen (secondary N) is 1. The molecule has 102 valence electrons. The zero-order chi connectivity index (χ0) is 14.0. The Balaban J connectivity index is 2.69. The second-order valence-electron chi connectivity index (χ2n) is 4.44. The number of aromatic nitrogens is 3. The number of thiazole rings is 1. The standard InChI is InChI=1S/C14H19N3OS/c1-5-9-11(7-3)16-17-13(18)12(9)14-15-10(6-2)8(4)19-14/h5-7H2,1-4H3,(H,17,18). The predicted molar refractivity (Wildman–Crippen MR) is 78.8 cm³/mol. The van der Waals surface area contributed by atoms with Crippen molar-refractivity contribution in [2.75, 3.05) is 0 Å². The molecule has 2 heterocycles. The molecule has 5 heteroatoms. The van der Waals surface area contributed by atoms with E-state index < -0.39 is 0 Å². The lowest BCUT2D eigenvalue weighted by Crippen LogP contribution is -2.16.